The predicted octanol–water partition coefficient (Wildman–Crippen LogP) is 1.58. The van der Waals surface area contributed by atoms with E-state index in [1.165, 1.54) is 18.7 Å². The standard InChI is InChI=1S/C13H26N2OS/c1-10(8-13-9-16-6-4-14-13)15-5-7-17-12(3)11(15)2/h10-14H,4-9H2,1-3H3. The molecule has 0 aliphatic carbocycles. The molecule has 0 aromatic heterocycles. The molecule has 0 amide bonds. The summed E-state index contributed by atoms with van der Waals surface area (Å²) < 4.78 is 5.53. The van der Waals surface area contributed by atoms with Gasteiger partial charge < -0.3 is 10.1 Å². The van der Waals surface area contributed by atoms with Gasteiger partial charge in [-0.15, -0.1) is 0 Å². The molecule has 100 valence electrons. The number of hydrogen-bond acceptors (Lipinski definition) is 4. The van der Waals surface area contributed by atoms with Crippen LogP contribution < -0.4 is 5.32 Å². The number of rotatable bonds is 3. The fraction of sp³-hybridized carbons (Fsp3) is 1.00. The average Bonchev–Trinajstić information content (AvgIpc) is 2.34. The van der Waals surface area contributed by atoms with Crippen LogP contribution in [0.1, 0.15) is 27.2 Å². The Morgan fingerprint density at radius 3 is 3.00 bits per heavy atom. The molecule has 0 aromatic carbocycles. The molecule has 0 aromatic rings. The van der Waals surface area contributed by atoms with Crippen molar-refractivity contribution in [3.8, 4) is 0 Å². The van der Waals surface area contributed by atoms with Crippen LogP contribution in [-0.2, 0) is 4.74 Å². The molecule has 4 heteroatoms. The Kier molecular flexibility index (Phi) is 5.15. The van der Waals surface area contributed by atoms with Crippen molar-refractivity contribution < 1.29 is 4.74 Å². The first kappa shape index (κ1) is 13.7. The van der Waals surface area contributed by atoms with Gasteiger partial charge in [0.25, 0.3) is 0 Å². The maximum atomic E-state index is 5.53. The fourth-order valence-corrected chi connectivity index (χ4v) is 4.02. The smallest absolute Gasteiger partial charge is 0.0620 e. The maximum Gasteiger partial charge on any atom is 0.0620 e. The number of ether oxygens (including phenoxy) is 1. The summed E-state index contributed by atoms with van der Waals surface area (Å²) in [6.07, 6.45) is 1.21. The van der Waals surface area contributed by atoms with Gasteiger partial charge >= 0.3 is 0 Å². The van der Waals surface area contributed by atoms with E-state index in [4.69, 9.17) is 4.74 Å². The van der Waals surface area contributed by atoms with E-state index in [0.29, 0.717) is 18.1 Å². The molecular formula is C13H26N2OS. The summed E-state index contributed by atoms with van der Waals surface area (Å²) in [6.45, 7) is 11.1. The van der Waals surface area contributed by atoms with E-state index in [9.17, 15) is 0 Å². The second kappa shape index (κ2) is 6.41. The number of nitrogens with zero attached hydrogens (tertiary/aromatic N) is 1. The molecular weight excluding hydrogens is 232 g/mol. The van der Waals surface area contributed by atoms with Gasteiger partial charge in [0.1, 0.15) is 0 Å². The lowest BCUT2D eigenvalue weighted by molar-refractivity contribution is 0.0568. The molecule has 0 spiro atoms. The molecule has 4 unspecified atom stereocenters. The molecule has 2 aliphatic rings. The van der Waals surface area contributed by atoms with Gasteiger partial charge in [0.15, 0.2) is 0 Å². The Hall–Kier alpha value is 0.230. The Balaban J connectivity index is 1.83. The van der Waals surface area contributed by atoms with Gasteiger partial charge in [-0.3, -0.25) is 4.90 Å². The van der Waals surface area contributed by atoms with Gasteiger partial charge in [0.05, 0.1) is 13.2 Å². The van der Waals surface area contributed by atoms with Crippen LogP contribution in [0.2, 0.25) is 0 Å². The molecule has 0 bridgehead atoms. The minimum absolute atomic E-state index is 0.552. The summed E-state index contributed by atoms with van der Waals surface area (Å²) in [5, 5.41) is 4.32. The van der Waals surface area contributed by atoms with Crippen LogP contribution in [0.25, 0.3) is 0 Å². The lowest BCUT2D eigenvalue weighted by Crippen LogP contribution is -2.52. The topological polar surface area (TPSA) is 24.5 Å². The SMILES string of the molecule is CC1SCCN(C(C)CC2COCCN2)C1C. The second-order valence-electron chi connectivity index (χ2n) is 5.37. The lowest BCUT2D eigenvalue weighted by Gasteiger charge is -2.42. The van der Waals surface area contributed by atoms with Crippen LogP contribution in [0, 0.1) is 0 Å². The number of thioether (sulfide) groups is 1. The molecule has 0 radical (unpaired) electrons. The molecule has 4 atom stereocenters. The first-order chi connectivity index (χ1) is 8.18. The summed E-state index contributed by atoms with van der Waals surface area (Å²) >= 11 is 2.11. The molecule has 2 saturated heterocycles. The summed E-state index contributed by atoms with van der Waals surface area (Å²) in [6, 6.07) is 1.91. The zero-order valence-corrected chi connectivity index (χ0v) is 12.1. The third kappa shape index (κ3) is 3.60. The van der Waals surface area contributed by atoms with E-state index in [1.807, 2.05) is 0 Å². The van der Waals surface area contributed by atoms with Crippen molar-refractivity contribution in [3.63, 3.8) is 0 Å². The van der Waals surface area contributed by atoms with E-state index < -0.39 is 0 Å². The van der Waals surface area contributed by atoms with Crippen LogP contribution in [0.5, 0.6) is 0 Å². The minimum atomic E-state index is 0.552. The predicted molar refractivity (Wildman–Crippen MR) is 74.8 cm³/mol. The van der Waals surface area contributed by atoms with Crippen LogP contribution in [0.4, 0.5) is 0 Å². The van der Waals surface area contributed by atoms with Crippen molar-refractivity contribution in [2.75, 3.05) is 32.1 Å². The molecule has 3 nitrogen and oxygen atoms in total. The molecule has 2 aliphatic heterocycles. The van der Waals surface area contributed by atoms with Crippen LogP contribution in [0.15, 0.2) is 0 Å². The first-order valence-electron chi connectivity index (χ1n) is 6.87. The van der Waals surface area contributed by atoms with Crippen molar-refractivity contribution in [1.82, 2.24) is 10.2 Å². The normalized spacial score (nSPS) is 37.9. The van der Waals surface area contributed by atoms with Crippen molar-refractivity contribution in [1.29, 1.82) is 0 Å². The van der Waals surface area contributed by atoms with E-state index in [0.717, 1.165) is 25.0 Å². The number of morpholine rings is 1. The molecule has 2 heterocycles. The van der Waals surface area contributed by atoms with Crippen molar-refractivity contribution in [2.24, 2.45) is 0 Å². The first-order valence-corrected chi connectivity index (χ1v) is 7.92. The van der Waals surface area contributed by atoms with Crippen LogP contribution >= 0.6 is 11.8 Å². The highest BCUT2D eigenvalue weighted by molar-refractivity contribution is 8.00. The summed E-state index contributed by atoms with van der Waals surface area (Å²) in [5.74, 6) is 1.28. The molecule has 17 heavy (non-hydrogen) atoms. The Labute approximate surface area is 110 Å². The second-order valence-corrected chi connectivity index (χ2v) is 6.85. The van der Waals surface area contributed by atoms with Crippen molar-refractivity contribution in [3.05, 3.63) is 0 Å². The average molecular weight is 258 g/mol. The van der Waals surface area contributed by atoms with Gasteiger partial charge in [-0.1, -0.05) is 6.92 Å². The summed E-state index contributed by atoms with van der Waals surface area (Å²) in [4.78, 5) is 2.68. The van der Waals surface area contributed by atoms with Gasteiger partial charge in [0, 0.05) is 42.2 Å². The lowest BCUT2D eigenvalue weighted by atomic mass is 10.0. The van der Waals surface area contributed by atoms with Gasteiger partial charge in [-0.05, 0) is 20.3 Å². The third-order valence-electron chi connectivity index (χ3n) is 4.12. The van der Waals surface area contributed by atoms with Gasteiger partial charge in [-0.2, -0.15) is 11.8 Å². The Morgan fingerprint density at radius 1 is 1.47 bits per heavy atom. The fourth-order valence-electron chi connectivity index (χ4n) is 2.90. The number of nitrogens with one attached hydrogen (secondary N) is 1. The van der Waals surface area contributed by atoms with E-state index in [1.54, 1.807) is 0 Å². The maximum absolute atomic E-state index is 5.53. The highest BCUT2D eigenvalue weighted by Gasteiger charge is 2.30. The van der Waals surface area contributed by atoms with E-state index in [2.05, 4.69) is 42.7 Å². The van der Waals surface area contributed by atoms with Crippen molar-refractivity contribution in [2.45, 2.75) is 50.6 Å². The highest BCUT2D eigenvalue weighted by atomic mass is 32.2. The zero-order chi connectivity index (χ0) is 12.3. The van der Waals surface area contributed by atoms with Gasteiger partial charge in [0.2, 0.25) is 0 Å². The van der Waals surface area contributed by atoms with Crippen LogP contribution in [0.3, 0.4) is 0 Å². The third-order valence-corrected chi connectivity index (χ3v) is 5.46. The van der Waals surface area contributed by atoms with E-state index >= 15 is 0 Å². The summed E-state index contributed by atoms with van der Waals surface area (Å²) in [5.41, 5.74) is 0. The zero-order valence-electron chi connectivity index (χ0n) is 11.3. The largest absolute Gasteiger partial charge is 0.379 e. The highest BCUT2D eigenvalue weighted by Crippen LogP contribution is 2.27. The summed E-state index contributed by atoms with van der Waals surface area (Å²) in [7, 11) is 0. The van der Waals surface area contributed by atoms with E-state index in [-0.39, 0.29) is 0 Å². The Morgan fingerprint density at radius 2 is 2.29 bits per heavy atom. The number of hydrogen-bond donors (Lipinski definition) is 1. The molecule has 1 N–H and O–H groups in total. The van der Waals surface area contributed by atoms with Crippen LogP contribution in [-0.4, -0.2) is 60.3 Å². The molecule has 0 saturated carbocycles. The molecule has 2 fully saturated rings. The monoisotopic (exact) mass is 258 g/mol. The molecule has 2 rings (SSSR count). The quantitative estimate of drug-likeness (QED) is 0.831. The van der Waals surface area contributed by atoms with Crippen molar-refractivity contribution >= 4 is 11.8 Å². The minimum Gasteiger partial charge on any atom is -0.379 e. The Bertz CT molecular complexity index is 233. The van der Waals surface area contributed by atoms with Gasteiger partial charge in [-0.25, -0.2) is 0 Å².